The van der Waals surface area contributed by atoms with E-state index in [1.165, 1.54) is 0 Å². The molecule has 298 valence electrons. The molecule has 2 radical (unpaired) electrons. The first-order chi connectivity index (χ1) is 23.7. The molecule has 0 spiro atoms. The van der Waals surface area contributed by atoms with Gasteiger partial charge in [-0.05, 0) is 24.3 Å². The van der Waals surface area contributed by atoms with Gasteiger partial charge in [0.25, 0.3) is 0 Å². The van der Waals surface area contributed by atoms with Crippen molar-refractivity contribution in [3.63, 3.8) is 0 Å². The second kappa shape index (κ2) is 29.8. The Bertz CT molecular complexity index is 1760. The largest absolute Gasteiger partial charge is 2.00 e. The van der Waals surface area contributed by atoms with Crippen LogP contribution < -0.4 is 21.7 Å². The molecule has 12 N–H and O–H groups in total. The van der Waals surface area contributed by atoms with E-state index in [4.69, 9.17) is 52.3 Å². The maximum Gasteiger partial charge on any atom is 2.00 e. The number of aromatic nitrogens is 4. The fourth-order valence-corrected chi connectivity index (χ4v) is 3.51. The summed E-state index contributed by atoms with van der Waals surface area (Å²) in [5.74, 6) is -2.86. The monoisotopic (exact) mass is 856 g/mol. The van der Waals surface area contributed by atoms with Gasteiger partial charge in [-0.1, -0.05) is 48.5 Å². The average molecular weight is 858 g/mol. The number of fused-ring (bicyclic) bond motifs is 6. The number of aliphatic hydroxyl groups is 2. The van der Waals surface area contributed by atoms with Crippen LogP contribution in [0.3, 0.4) is 0 Å². The molecule has 0 saturated carbocycles. The Morgan fingerprint density at radius 1 is 0.537 bits per heavy atom. The van der Waals surface area contributed by atoms with Crippen LogP contribution in [0.1, 0.15) is 0 Å². The molecule has 2 aromatic carbocycles. The third-order valence-corrected chi connectivity index (χ3v) is 5.69. The zero-order valence-electron chi connectivity index (χ0n) is 27.4. The second-order valence-corrected chi connectivity index (χ2v) is 9.10. The molecule has 2 atom stereocenters. The number of carbonyl (C=O) groups is 2. The molecule has 0 saturated heterocycles. The van der Waals surface area contributed by atoms with E-state index in [0.29, 0.717) is 0 Å². The molecule has 0 unspecified atom stereocenters. The molecule has 54 heavy (non-hydrogen) atoms. The number of aliphatic carboxylic acids is 2. The Morgan fingerprint density at radius 2 is 0.722 bits per heavy atom. The van der Waals surface area contributed by atoms with Gasteiger partial charge in [-0.25, -0.2) is 0 Å². The van der Waals surface area contributed by atoms with Crippen molar-refractivity contribution in [2.75, 3.05) is 13.2 Å². The average Bonchev–Trinajstić information content (AvgIpc) is 3.11. The minimum Gasteiger partial charge on any atom is -0.548 e. The smallest absolute Gasteiger partial charge is 0.548 e. The first-order valence-corrected chi connectivity index (χ1v) is 13.7. The number of hydrogen-bond acceptors (Lipinski definition) is 18. The summed E-state index contributed by atoms with van der Waals surface area (Å²) in [6.45, 7) is -1.13. The molecule has 4 heterocycles. The summed E-state index contributed by atoms with van der Waals surface area (Å²) in [5.41, 5.74) is 13.3. The summed E-state index contributed by atoms with van der Waals surface area (Å²) >= 11 is 0. The molecule has 6 rings (SSSR count). The van der Waals surface area contributed by atoms with Gasteiger partial charge < -0.3 is 83.1 Å². The minimum absolute atomic E-state index is 0. The van der Waals surface area contributed by atoms with Crippen molar-refractivity contribution in [3.8, 4) is 0 Å². The molecule has 0 aliphatic carbocycles. The summed E-state index contributed by atoms with van der Waals surface area (Å²) in [7, 11) is 0. The maximum atomic E-state index is 9.53. The molecular weight excluding hydrogens is 823 g/mol. The van der Waals surface area contributed by atoms with Crippen molar-refractivity contribution in [3.05, 3.63) is 128 Å². The summed E-state index contributed by atoms with van der Waals surface area (Å²) in [5, 5.41) is 69.0. The molecule has 0 aliphatic heterocycles. The number of nitrogens with two attached hydrogens (primary N) is 2. The molecule has 0 fully saturated rings. The van der Waals surface area contributed by atoms with Crippen molar-refractivity contribution in [2.45, 2.75) is 12.1 Å². The van der Waals surface area contributed by atoms with Gasteiger partial charge in [0.05, 0.1) is 69.5 Å². The van der Waals surface area contributed by atoms with Gasteiger partial charge in [0.15, 0.2) is 0 Å². The number of pyridine rings is 4. The Labute approximate surface area is 324 Å². The number of carboxylic acids is 2. The first kappa shape index (κ1) is 55.0. The second-order valence-electron chi connectivity index (χ2n) is 9.10. The number of aliphatic hydroxyl groups excluding tert-OH is 2. The van der Waals surface area contributed by atoms with Crippen molar-refractivity contribution < 1.29 is 85.3 Å². The zero-order chi connectivity index (χ0) is 37.6. The van der Waals surface area contributed by atoms with Gasteiger partial charge in [-0.15, -0.1) is 0 Å². The van der Waals surface area contributed by atoms with E-state index in [0.717, 1.165) is 43.6 Å². The number of nitrogens with zero attached hydrogens (tertiary/aromatic N) is 6. The Morgan fingerprint density at radius 3 is 0.852 bits per heavy atom. The molecule has 0 aliphatic rings. The molecule has 4 aromatic heterocycles. The van der Waals surface area contributed by atoms with Crippen LogP contribution in [-0.2, 0) is 54.7 Å². The molecule has 24 heteroatoms. The van der Waals surface area contributed by atoms with Gasteiger partial charge in [-0.2, -0.15) is 0 Å². The van der Waals surface area contributed by atoms with Gasteiger partial charge in [0.1, 0.15) is 0 Å². The van der Waals surface area contributed by atoms with Gasteiger partial charge in [-0.3, -0.25) is 19.9 Å². The van der Waals surface area contributed by atoms with Gasteiger partial charge in [0, 0.05) is 46.3 Å². The summed E-state index contributed by atoms with van der Waals surface area (Å²) < 4.78 is 0. The van der Waals surface area contributed by atoms with Crippen LogP contribution in [-0.4, -0.2) is 77.6 Å². The number of carboxylic acid groups (broad SMARTS) is 2. The van der Waals surface area contributed by atoms with Crippen LogP contribution in [0.25, 0.3) is 43.6 Å². The Kier molecular flexibility index (Phi) is 30.3. The topological polar surface area (TPSA) is 423 Å². The van der Waals surface area contributed by atoms with Crippen molar-refractivity contribution in [2.24, 2.45) is 11.5 Å². The quantitative estimate of drug-likeness (QED) is 0.0462. The Balaban J connectivity index is -0.000000294. The van der Waals surface area contributed by atoms with Crippen LogP contribution in [0.2, 0.25) is 0 Å². The minimum atomic E-state index is -1.75. The van der Waals surface area contributed by atoms with E-state index in [-0.39, 0.29) is 45.1 Å². The molecule has 0 amide bonds. The van der Waals surface area contributed by atoms with E-state index in [1.54, 1.807) is 24.8 Å². The van der Waals surface area contributed by atoms with Gasteiger partial charge >= 0.3 is 34.1 Å². The summed E-state index contributed by atoms with van der Waals surface area (Å²) in [6.07, 6.45) is 7.21. The fourth-order valence-electron chi connectivity index (χ4n) is 3.51. The normalized spacial score (nSPS) is 10.0. The number of hydrogen-bond donors (Lipinski definition) is 4. The maximum absolute atomic E-state index is 9.53. The van der Waals surface area contributed by atoms with E-state index in [2.05, 4.69) is 68.5 Å². The van der Waals surface area contributed by atoms with E-state index < -0.39 is 47.4 Å². The number of carbonyl (C=O) groups excluding carboxylic acids is 2. The summed E-state index contributed by atoms with van der Waals surface area (Å²) in [6, 6.07) is 21.8. The van der Waals surface area contributed by atoms with Crippen molar-refractivity contribution in [1.29, 1.82) is 0 Å². The molecule has 0 bridgehead atoms. The predicted molar refractivity (Wildman–Crippen MR) is 185 cm³/mol. The number of benzene rings is 2. The number of rotatable bonds is 4. The van der Waals surface area contributed by atoms with Crippen LogP contribution in [0, 0.1) is 30.6 Å². The SMILES string of the molecule is N[C@@H](CO)C(=O)[O-].N[C@@H](CO)C(=O)[O-].O=[N+]([O-])[O-].O=[N+]([O-])[O-].[Cu+2].[Cu+2].[OH3+].[OH3+].c1cnc2c(c1)ccc1cccnc12.c1cnc2c(c1)ccc1cccnc12. The first-order valence-electron chi connectivity index (χ1n) is 13.7. The van der Waals surface area contributed by atoms with Crippen LogP contribution in [0.4, 0.5) is 0 Å². The standard InChI is InChI=1S/2C12H8N2.2C3H7NO3.2Cu.2NO3.2H2O/c2*1-3-9-5-6-10-4-2-8-14-12(10)11(9)13-7-1;2*4-2(1-5)3(6)7;;;2*2-1(3)4;;/h2*1-8H;2*2,5H,1,4H2,(H,6,7);;;;;2*1H2/q;;;;2*+2;2*-1;;/t;;2*2-;;;;;;/m..00....../s1. The van der Waals surface area contributed by atoms with Crippen molar-refractivity contribution in [1.82, 2.24) is 19.9 Å². The van der Waals surface area contributed by atoms with Crippen LogP contribution >= 0.6 is 0 Å². The van der Waals surface area contributed by atoms with E-state index in [1.807, 2.05) is 24.3 Å². The third-order valence-electron chi connectivity index (χ3n) is 5.69. The molecule has 6 aromatic rings. The zero-order valence-corrected chi connectivity index (χ0v) is 29.3. The van der Waals surface area contributed by atoms with Crippen LogP contribution in [0.15, 0.2) is 97.6 Å². The van der Waals surface area contributed by atoms with Crippen LogP contribution in [0.5, 0.6) is 0 Å². The summed E-state index contributed by atoms with van der Waals surface area (Å²) in [4.78, 5) is 53.0. The van der Waals surface area contributed by atoms with E-state index in [9.17, 15) is 19.8 Å². The van der Waals surface area contributed by atoms with Crippen molar-refractivity contribution >= 4 is 55.6 Å². The Hall–Kier alpha value is -5.78. The third kappa shape index (κ3) is 20.3. The van der Waals surface area contributed by atoms with E-state index >= 15 is 0 Å². The molecular formula is C30H34Cu2N8O14+2. The molecule has 22 nitrogen and oxygen atoms in total. The predicted octanol–water partition coefficient (Wildman–Crippen LogP) is -2.65. The fraction of sp³-hybridized carbons (Fsp3) is 0.133. The van der Waals surface area contributed by atoms with Gasteiger partial charge in [0.2, 0.25) is 0 Å².